The minimum atomic E-state index is -0.405. The number of halogens is 1. The Labute approximate surface area is 104 Å². The minimum Gasteiger partial charge on any atom is -0.355 e. The Kier molecular flexibility index (Phi) is 6.86. The number of hydrogen-bond donors (Lipinski definition) is 1. The maximum atomic E-state index is 11.3. The highest BCUT2D eigenvalue weighted by atomic mass is 35.5. The number of amides is 1. The smallest absolute Gasteiger partial charge is 0.237 e. The molecule has 1 unspecified atom stereocenters. The molecule has 1 aliphatic carbocycles. The van der Waals surface area contributed by atoms with Crippen LogP contribution < -0.4 is 5.32 Å². The van der Waals surface area contributed by atoms with Crippen LogP contribution in [-0.2, 0) is 4.79 Å². The van der Waals surface area contributed by atoms with E-state index < -0.39 is 5.38 Å². The summed E-state index contributed by atoms with van der Waals surface area (Å²) < 4.78 is 0. The molecule has 0 heterocycles. The number of carbonyl (C=O) groups is 1. The lowest BCUT2D eigenvalue weighted by molar-refractivity contribution is -0.120. The molecule has 1 rings (SSSR count). The Morgan fingerprint density at radius 2 is 1.81 bits per heavy atom. The molecule has 2 nitrogen and oxygen atoms in total. The lowest BCUT2D eigenvalue weighted by Crippen LogP contribution is -2.31. The van der Waals surface area contributed by atoms with Crippen LogP contribution in [0.25, 0.3) is 0 Å². The maximum Gasteiger partial charge on any atom is 0.237 e. The molecule has 16 heavy (non-hydrogen) atoms. The van der Waals surface area contributed by atoms with Crippen LogP contribution in [0, 0.1) is 5.92 Å². The second-order valence-electron chi connectivity index (χ2n) is 4.91. The van der Waals surface area contributed by atoms with Gasteiger partial charge in [-0.05, 0) is 19.3 Å². The molecule has 0 aromatic rings. The van der Waals surface area contributed by atoms with Gasteiger partial charge in [0.1, 0.15) is 5.38 Å². The highest BCUT2D eigenvalue weighted by Gasteiger charge is 2.12. The predicted octanol–water partition coefficient (Wildman–Crippen LogP) is 3.48. The molecule has 1 atom stereocenters. The molecule has 0 spiro atoms. The van der Waals surface area contributed by atoms with E-state index in [1.165, 1.54) is 44.9 Å². The van der Waals surface area contributed by atoms with E-state index in [0.29, 0.717) is 0 Å². The summed E-state index contributed by atoms with van der Waals surface area (Å²) >= 11 is 5.69. The summed E-state index contributed by atoms with van der Waals surface area (Å²) in [6.45, 7) is 2.51. The number of hydrogen-bond acceptors (Lipinski definition) is 1. The van der Waals surface area contributed by atoms with Gasteiger partial charge >= 0.3 is 0 Å². The van der Waals surface area contributed by atoms with Gasteiger partial charge in [-0.1, -0.05) is 44.9 Å². The zero-order valence-corrected chi connectivity index (χ0v) is 11.1. The topological polar surface area (TPSA) is 29.1 Å². The first kappa shape index (κ1) is 13.8. The molecule has 0 saturated heterocycles. The minimum absolute atomic E-state index is 0.0347. The van der Waals surface area contributed by atoms with Crippen molar-refractivity contribution in [1.29, 1.82) is 0 Å². The zero-order valence-electron chi connectivity index (χ0n) is 10.3. The van der Waals surface area contributed by atoms with Crippen molar-refractivity contribution in [3.05, 3.63) is 0 Å². The first-order valence-corrected chi connectivity index (χ1v) is 7.05. The lowest BCUT2D eigenvalue weighted by atomic mass is 9.89. The normalized spacial score (nSPS) is 20.9. The van der Waals surface area contributed by atoms with Crippen LogP contribution >= 0.6 is 11.6 Å². The number of alkyl halides is 1. The summed E-state index contributed by atoms with van der Waals surface area (Å²) in [6.07, 6.45) is 10.7. The van der Waals surface area contributed by atoms with Crippen molar-refractivity contribution < 1.29 is 4.79 Å². The highest BCUT2D eigenvalue weighted by Crippen LogP contribution is 2.24. The first-order chi connectivity index (χ1) is 7.70. The maximum absolute atomic E-state index is 11.3. The highest BCUT2D eigenvalue weighted by molar-refractivity contribution is 6.30. The van der Waals surface area contributed by atoms with Gasteiger partial charge < -0.3 is 5.32 Å². The van der Waals surface area contributed by atoms with Gasteiger partial charge in [-0.3, -0.25) is 4.79 Å². The first-order valence-electron chi connectivity index (χ1n) is 6.62. The van der Waals surface area contributed by atoms with Gasteiger partial charge in [0.25, 0.3) is 0 Å². The molecule has 0 aromatic carbocycles. The Morgan fingerprint density at radius 3 is 2.38 bits per heavy atom. The average molecular weight is 246 g/mol. The van der Waals surface area contributed by atoms with E-state index in [0.717, 1.165) is 18.9 Å². The third kappa shape index (κ3) is 5.74. The molecule has 1 fully saturated rings. The number of carbonyl (C=O) groups excluding carboxylic acids is 1. The molecule has 1 saturated carbocycles. The third-order valence-corrected chi connectivity index (χ3v) is 3.64. The van der Waals surface area contributed by atoms with Gasteiger partial charge in [0.15, 0.2) is 0 Å². The van der Waals surface area contributed by atoms with Crippen LogP contribution in [-0.4, -0.2) is 17.8 Å². The summed E-state index contributed by atoms with van der Waals surface area (Å²) in [5, 5.41) is 2.49. The molecule has 0 aromatic heterocycles. The predicted molar refractivity (Wildman–Crippen MR) is 68.8 cm³/mol. The Morgan fingerprint density at radius 1 is 1.25 bits per heavy atom. The van der Waals surface area contributed by atoms with E-state index in [-0.39, 0.29) is 5.91 Å². The molecule has 1 amide bonds. The van der Waals surface area contributed by atoms with E-state index in [2.05, 4.69) is 5.32 Å². The third-order valence-electron chi connectivity index (χ3n) is 3.44. The van der Waals surface area contributed by atoms with E-state index in [4.69, 9.17) is 11.6 Å². The van der Waals surface area contributed by atoms with E-state index in [1.54, 1.807) is 6.92 Å². The van der Waals surface area contributed by atoms with Crippen molar-refractivity contribution in [3.8, 4) is 0 Å². The Balaban J connectivity index is 2.12. The quantitative estimate of drug-likeness (QED) is 0.755. The van der Waals surface area contributed by atoms with Crippen molar-refractivity contribution >= 4 is 17.5 Å². The zero-order chi connectivity index (χ0) is 11.8. The van der Waals surface area contributed by atoms with Gasteiger partial charge in [0.05, 0.1) is 0 Å². The largest absolute Gasteiger partial charge is 0.355 e. The second kappa shape index (κ2) is 7.94. The van der Waals surface area contributed by atoms with E-state index >= 15 is 0 Å². The van der Waals surface area contributed by atoms with Crippen LogP contribution in [0.15, 0.2) is 0 Å². The van der Waals surface area contributed by atoms with Crippen molar-refractivity contribution in [2.45, 2.75) is 63.7 Å². The van der Waals surface area contributed by atoms with E-state index in [1.807, 2.05) is 0 Å². The molecule has 0 bridgehead atoms. The summed E-state index contributed by atoms with van der Waals surface area (Å²) in [7, 11) is 0. The van der Waals surface area contributed by atoms with Crippen molar-refractivity contribution in [1.82, 2.24) is 5.32 Å². The molecule has 0 aliphatic heterocycles. The summed E-state index contributed by atoms with van der Waals surface area (Å²) in [6, 6.07) is 0. The van der Waals surface area contributed by atoms with Gasteiger partial charge in [-0.25, -0.2) is 0 Å². The van der Waals surface area contributed by atoms with Crippen LogP contribution in [0.5, 0.6) is 0 Å². The van der Waals surface area contributed by atoms with Crippen LogP contribution in [0.1, 0.15) is 58.3 Å². The average Bonchev–Trinajstić information content (AvgIpc) is 2.20. The molecule has 1 N–H and O–H groups in total. The fraction of sp³-hybridized carbons (Fsp3) is 0.923. The van der Waals surface area contributed by atoms with Crippen LogP contribution in [0.4, 0.5) is 0 Å². The van der Waals surface area contributed by atoms with Crippen LogP contribution in [0.3, 0.4) is 0 Å². The summed E-state index contributed by atoms with van der Waals surface area (Å²) in [4.78, 5) is 11.3. The fourth-order valence-corrected chi connectivity index (χ4v) is 2.45. The lowest BCUT2D eigenvalue weighted by Gasteiger charge is -2.19. The van der Waals surface area contributed by atoms with E-state index in [9.17, 15) is 4.79 Å². The standard InChI is InChI=1S/C13H24ClNO/c1-11(14)13(16)15-10-9-12-7-5-3-2-4-6-8-12/h11-12H,2-10H2,1H3,(H,15,16). The van der Waals surface area contributed by atoms with Crippen LogP contribution in [0.2, 0.25) is 0 Å². The number of nitrogens with one attached hydrogen (secondary N) is 1. The van der Waals surface area contributed by atoms with Crippen molar-refractivity contribution in [2.75, 3.05) is 6.54 Å². The fourth-order valence-electron chi connectivity index (χ4n) is 2.37. The molecule has 3 heteroatoms. The second-order valence-corrected chi connectivity index (χ2v) is 5.56. The molecule has 94 valence electrons. The van der Waals surface area contributed by atoms with Crippen molar-refractivity contribution in [2.24, 2.45) is 5.92 Å². The number of rotatable bonds is 4. The van der Waals surface area contributed by atoms with Gasteiger partial charge in [-0.2, -0.15) is 0 Å². The monoisotopic (exact) mass is 245 g/mol. The Hall–Kier alpha value is -0.240. The van der Waals surface area contributed by atoms with Gasteiger partial charge in [0.2, 0.25) is 5.91 Å². The molecule has 1 aliphatic rings. The molecule has 0 radical (unpaired) electrons. The van der Waals surface area contributed by atoms with Gasteiger partial charge in [-0.15, -0.1) is 11.6 Å². The summed E-state index contributed by atoms with van der Waals surface area (Å²) in [5.74, 6) is 0.777. The SMILES string of the molecule is CC(Cl)C(=O)NCCC1CCCCCCC1. The molecular formula is C13H24ClNO. The molecular weight excluding hydrogens is 222 g/mol. The Bertz CT molecular complexity index is 198. The summed E-state index contributed by atoms with van der Waals surface area (Å²) in [5.41, 5.74) is 0. The van der Waals surface area contributed by atoms with Gasteiger partial charge in [0, 0.05) is 6.54 Å². The van der Waals surface area contributed by atoms with Crippen molar-refractivity contribution in [3.63, 3.8) is 0 Å².